The monoisotopic (exact) mass is 154 g/mol. The molecule has 0 N–H and O–H groups in total. The second-order valence-corrected chi connectivity index (χ2v) is 2.38. The minimum absolute atomic E-state index is 0.138. The minimum Gasteiger partial charge on any atom is -0.184 e. The first-order valence-electron chi connectivity index (χ1n) is 3.07. The van der Waals surface area contributed by atoms with Crippen molar-refractivity contribution in [3.8, 4) is 0 Å². The van der Waals surface area contributed by atoms with Gasteiger partial charge >= 0.3 is 0 Å². The van der Waals surface area contributed by atoms with Crippen LogP contribution >= 0.6 is 11.6 Å². The molecule has 0 aromatic carbocycles. The zero-order valence-electron chi connectivity index (χ0n) is 5.57. The number of hydrogen-bond donors (Lipinski definition) is 0. The Bertz CT molecular complexity index is 208. The highest BCUT2D eigenvalue weighted by molar-refractivity contribution is 6.18. The molecule has 52 valence electrons. The number of rotatable bonds is 2. The molecule has 1 nitrogen and oxygen atoms in total. The van der Waals surface area contributed by atoms with Crippen LogP contribution in [0.1, 0.15) is 5.50 Å². The van der Waals surface area contributed by atoms with E-state index in [2.05, 4.69) is 6.58 Å². The van der Waals surface area contributed by atoms with Crippen LogP contribution in [0.2, 0.25) is 0 Å². The van der Waals surface area contributed by atoms with Gasteiger partial charge in [-0.15, -0.1) is 0 Å². The average Bonchev–Trinajstić information content (AvgIpc) is 2.05. The number of aromatic nitrogens is 1. The maximum Gasteiger partial charge on any atom is 0.251 e. The van der Waals surface area contributed by atoms with Crippen LogP contribution in [0.25, 0.3) is 0 Å². The predicted octanol–water partition coefficient (Wildman–Crippen LogP) is 1.90. The molecular weight excluding hydrogens is 146 g/mol. The van der Waals surface area contributed by atoms with Crippen LogP contribution in [-0.4, -0.2) is 0 Å². The Kier molecular flexibility index (Phi) is 2.46. The Balaban J connectivity index is 2.84. The second kappa shape index (κ2) is 3.37. The van der Waals surface area contributed by atoms with Gasteiger partial charge in [-0.3, -0.25) is 0 Å². The summed E-state index contributed by atoms with van der Waals surface area (Å²) >= 11 is 5.84. The van der Waals surface area contributed by atoms with Crippen LogP contribution in [-0.2, 0) is 0 Å². The van der Waals surface area contributed by atoms with Gasteiger partial charge in [0.05, 0.1) is 0 Å². The molecule has 0 amide bonds. The lowest BCUT2D eigenvalue weighted by Crippen LogP contribution is -2.33. The van der Waals surface area contributed by atoms with E-state index in [-0.39, 0.29) is 5.50 Å². The van der Waals surface area contributed by atoms with E-state index in [1.165, 1.54) is 0 Å². The van der Waals surface area contributed by atoms with Gasteiger partial charge in [-0.05, 0) is 17.7 Å². The molecule has 1 unspecified atom stereocenters. The molecule has 0 aliphatic carbocycles. The van der Waals surface area contributed by atoms with E-state index in [9.17, 15) is 0 Å². The maximum atomic E-state index is 5.84. The van der Waals surface area contributed by atoms with Crippen molar-refractivity contribution < 1.29 is 4.57 Å². The number of nitrogens with zero attached hydrogens (tertiary/aromatic N) is 1. The summed E-state index contributed by atoms with van der Waals surface area (Å²) in [6, 6.07) is 5.81. The molecular formula is C8H9ClN+. The van der Waals surface area contributed by atoms with E-state index in [0.717, 1.165) is 0 Å². The van der Waals surface area contributed by atoms with Gasteiger partial charge in [-0.25, -0.2) is 0 Å². The lowest BCUT2D eigenvalue weighted by atomic mass is 10.5. The average molecular weight is 155 g/mol. The molecule has 1 aromatic rings. The molecule has 1 heterocycles. The van der Waals surface area contributed by atoms with E-state index in [1.54, 1.807) is 6.08 Å². The third-order valence-electron chi connectivity index (χ3n) is 1.22. The van der Waals surface area contributed by atoms with Crippen molar-refractivity contribution in [2.45, 2.75) is 5.50 Å². The molecule has 0 aliphatic heterocycles. The summed E-state index contributed by atoms with van der Waals surface area (Å²) in [5.74, 6) is 0. The fourth-order valence-electron chi connectivity index (χ4n) is 0.698. The minimum atomic E-state index is -0.138. The molecule has 1 rings (SSSR count). The van der Waals surface area contributed by atoms with Crippen molar-refractivity contribution in [3.05, 3.63) is 43.2 Å². The molecule has 0 saturated carbocycles. The van der Waals surface area contributed by atoms with Gasteiger partial charge in [-0.2, -0.15) is 4.57 Å². The number of halogens is 1. The first-order chi connectivity index (χ1) is 4.84. The highest BCUT2D eigenvalue weighted by atomic mass is 35.5. The first-order valence-corrected chi connectivity index (χ1v) is 3.50. The quantitative estimate of drug-likeness (QED) is 0.348. The van der Waals surface area contributed by atoms with Crippen molar-refractivity contribution in [3.63, 3.8) is 0 Å². The highest BCUT2D eigenvalue weighted by Crippen LogP contribution is 2.01. The van der Waals surface area contributed by atoms with Crippen molar-refractivity contribution >= 4 is 11.6 Å². The van der Waals surface area contributed by atoms with Gasteiger partial charge in [-0.1, -0.05) is 12.6 Å². The van der Waals surface area contributed by atoms with Crippen LogP contribution in [0.5, 0.6) is 0 Å². The van der Waals surface area contributed by atoms with Gasteiger partial charge in [0.1, 0.15) is 0 Å². The molecule has 2 heteroatoms. The Hall–Kier alpha value is -0.820. The SMILES string of the molecule is C=CC(Cl)[n+]1ccccc1. The summed E-state index contributed by atoms with van der Waals surface area (Å²) in [6.07, 6.45) is 5.49. The summed E-state index contributed by atoms with van der Waals surface area (Å²) in [6.45, 7) is 3.58. The molecule has 10 heavy (non-hydrogen) atoms. The largest absolute Gasteiger partial charge is 0.251 e. The third-order valence-corrected chi connectivity index (χ3v) is 1.62. The topological polar surface area (TPSA) is 3.88 Å². The standard InChI is InChI=1S/C8H9ClN/c1-2-8(9)10-6-4-3-5-7-10/h2-8H,1H2/q+1. The van der Waals surface area contributed by atoms with Gasteiger partial charge in [0.25, 0.3) is 5.50 Å². The van der Waals surface area contributed by atoms with Gasteiger partial charge in [0.2, 0.25) is 0 Å². The molecule has 1 aromatic heterocycles. The first kappa shape index (κ1) is 7.29. The lowest BCUT2D eigenvalue weighted by Gasteiger charge is -1.95. The summed E-state index contributed by atoms with van der Waals surface area (Å²) in [5.41, 5.74) is -0.138. The van der Waals surface area contributed by atoms with Crippen LogP contribution in [0.4, 0.5) is 0 Å². The molecule has 0 fully saturated rings. The van der Waals surface area contributed by atoms with Crippen molar-refractivity contribution in [1.29, 1.82) is 0 Å². The Morgan fingerprint density at radius 2 is 1.90 bits per heavy atom. The van der Waals surface area contributed by atoms with E-state index < -0.39 is 0 Å². The fourth-order valence-corrected chi connectivity index (χ4v) is 0.828. The van der Waals surface area contributed by atoms with Crippen LogP contribution in [0.3, 0.4) is 0 Å². The fraction of sp³-hybridized carbons (Fsp3) is 0.125. The van der Waals surface area contributed by atoms with E-state index in [4.69, 9.17) is 11.6 Å². The van der Waals surface area contributed by atoms with Crippen LogP contribution in [0, 0.1) is 0 Å². The van der Waals surface area contributed by atoms with E-state index in [1.807, 2.05) is 35.2 Å². The van der Waals surface area contributed by atoms with Crippen LogP contribution in [0.15, 0.2) is 43.2 Å². The van der Waals surface area contributed by atoms with Gasteiger partial charge in [0.15, 0.2) is 12.4 Å². The maximum absolute atomic E-state index is 5.84. The summed E-state index contributed by atoms with van der Waals surface area (Å²) in [7, 11) is 0. The molecule has 1 atom stereocenters. The predicted molar refractivity (Wildman–Crippen MR) is 41.7 cm³/mol. The molecule has 0 saturated heterocycles. The number of alkyl halides is 1. The lowest BCUT2D eigenvalue weighted by molar-refractivity contribution is -0.692. The Morgan fingerprint density at radius 3 is 2.40 bits per heavy atom. The molecule has 0 spiro atoms. The summed E-state index contributed by atoms with van der Waals surface area (Å²) < 4.78 is 1.87. The van der Waals surface area contributed by atoms with Crippen LogP contribution < -0.4 is 4.57 Å². The number of hydrogen-bond acceptors (Lipinski definition) is 0. The summed E-state index contributed by atoms with van der Waals surface area (Å²) in [4.78, 5) is 0. The molecule has 0 bridgehead atoms. The van der Waals surface area contributed by atoms with Crippen molar-refractivity contribution in [1.82, 2.24) is 0 Å². The van der Waals surface area contributed by atoms with Crippen molar-refractivity contribution in [2.75, 3.05) is 0 Å². The van der Waals surface area contributed by atoms with E-state index >= 15 is 0 Å². The normalized spacial score (nSPS) is 12.5. The van der Waals surface area contributed by atoms with E-state index in [0.29, 0.717) is 0 Å². The highest BCUT2D eigenvalue weighted by Gasteiger charge is 2.06. The Labute approximate surface area is 65.6 Å². The zero-order valence-corrected chi connectivity index (χ0v) is 6.33. The third kappa shape index (κ3) is 1.58. The second-order valence-electron chi connectivity index (χ2n) is 1.93. The number of pyridine rings is 1. The summed E-state index contributed by atoms with van der Waals surface area (Å²) in [5, 5.41) is 0. The Morgan fingerprint density at radius 1 is 1.30 bits per heavy atom. The smallest absolute Gasteiger partial charge is 0.184 e. The molecule has 0 radical (unpaired) electrons. The van der Waals surface area contributed by atoms with Gasteiger partial charge < -0.3 is 0 Å². The van der Waals surface area contributed by atoms with Crippen molar-refractivity contribution in [2.24, 2.45) is 0 Å². The molecule has 0 aliphatic rings. The van der Waals surface area contributed by atoms with Gasteiger partial charge in [0, 0.05) is 12.1 Å². The number of allylic oxidation sites excluding steroid dienone is 1. The zero-order chi connectivity index (χ0) is 7.40.